The molecule has 28 heavy (non-hydrogen) atoms. The third-order valence-corrected chi connectivity index (χ3v) is 5.88. The number of ketones is 1. The topological polar surface area (TPSA) is 76.9 Å². The van der Waals surface area contributed by atoms with Crippen molar-refractivity contribution in [2.75, 3.05) is 11.1 Å². The van der Waals surface area contributed by atoms with Crippen molar-refractivity contribution in [3.8, 4) is 0 Å². The molecule has 2 aromatic carbocycles. The molecule has 1 unspecified atom stereocenters. The van der Waals surface area contributed by atoms with Crippen molar-refractivity contribution in [1.29, 1.82) is 0 Å². The van der Waals surface area contributed by atoms with Gasteiger partial charge in [0, 0.05) is 11.3 Å². The first kappa shape index (κ1) is 18.4. The van der Waals surface area contributed by atoms with Crippen LogP contribution in [0.1, 0.15) is 40.2 Å². The van der Waals surface area contributed by atoms with E-state index in [1.54, 1.807) is 12.1 Å². The van der Waals surface area contributed by atoms with E-state index in [-0.39, 0.29) is 23.4 Å². The van der Waals surface area contributed by atoms with Gasteiger partial charge in [0.15, 0.2) is 10.9 Å². The quantitative estimate of drug-likeness (QED) is 0.512. The first-order valence-corrected chi connectivity index (χ1v) is 10.1. The second-order valence-corrected chi connectivity index (χ2v) is 7.77. The van der Waals surface area contributed by atoms with Crippen LogP contribution in [0, 0.1) is 6.92 Å². The second kappa shape index (κ2) is 7.59. The van der Waals surface area contributed by atoms with Gasteiger partial charge in [0.1, 0.15) is 5.82 Å². The number of carbonyl (C=O) groups is 2. The Bertz CT molecular complexity index is 1050. The van der Waals surface area contributed by atoms with Crippen LogP contribution in [0.3, 0.4) is 0 Å². The predicted molar refractivity (Wildman–Crippen MR) is 109 cm³/mol. The maximum atomic E-state index is 12.7. The van der Waals surface area contributed by atoms with E-state index in [0.29, 0.717) is 12.1 Å². The van der Waals surface area contributed by atoms with Crippen LogP contribution >= 0.6 is 11.8 Å². The van der Waals surface area contributed by atoms with Gasteiger partial charge in [-0.15, -0.1) is 10.2 Å². The molecule has 0 fully saturated rings. The monoisotopic (exact) mass is 392 g/mol. The number of amides is 1. The smallest absolute Gasteiger partial charge is 0.231 e. The molecule has 1 aliphatic rings. The number of rotatable bonds is 6. The van der Waals surface area contributed by atoms with Gasteiger partial charge in [-0.2, -0.15) is 0 Å². The maximum absolute atomic E-state index is 12.7. The SMILES string of the molecule is Cc1nnc(SCC(=O)c2ccc3c(c2)C(C)C(=O)N3)n1Cc1ccccc1. The number of benzene rings is 2. The van der Waals surface area contributed by atoms with Crippen molar-refractivity contribution in [2.24, 2.45) is 0 Å². The minimum Gasteiger partial charge on any atom is -0.325 e. The fraction of sp³-hybridized carbons (Fsp3) is 0.238. The number of hydrogen-bond donors (Lipinski definition) is 1. The number of hydrogen-bond acceptors (Lipinski definition) is 5. The number of nitrogens with zero attached hydrogens (tertiary/aromatic N) is 3. The van der Waals surface area contributed by atoms with E-state index >= 15 is 0 Å². The molecule has 6 nitrogen and oxygen atoms in total. The van der Waals surface area contributed by atoms with E-state index in [0.717, 1.165) is 27.8 Å². The van der Waals surface area contributed by atoms with Crippen LogP contribution in [0.2, 0.25) is 0 Å². The molecule has 3 aromatic rings. The maximum Gasteiger partial charge on any atom is 0.231 e. The van der Waals surface area contributed by atoms with Gasteiger partial charge in [-0.05, 0) is 43.2 Å². The lowest BCUT2D eigenvalue weighted by Gasteiger charge is -2.09. The van der Waals surface area contributed by atoms with Gasteiger partial charge in [0.25, 0.3) is 0 Å². The Kier molecular flexibility index (Phi) is 5.00. The molecule has 0 radical (unpaired) electrons. The van der Waals surface area contributed by atoms with Gasteiger partial charge >= 0.3 is 0 Å². The molecule has 1 amide bonds. The molecule has 0 spiro atoms. The second-order valence-electron chi connectivity index (χ2n) is 6.83. The number of carbonyl (C=O) groups excluding carboxylic acids is 2. The molecule has 142 valence electrons. The number of Topliss-reactive ketones (excluding diaryl/α,β-unsaturated/α-hetero) is 1. The summed E-state index contributed by atoms with van der Waals surface area (Å²) in [5.41, 5.74) is 3.44. The average molecular weight is 392 g/mol. The third kappa shape index (κ3) is 3.57. The van der Waals surface area contributed by atoms with Crippen LogP contribution in [-0.4, -0.2) is 32.2 Å². The molecule has 2 heterocycles. The van der Waals surface area contributed by atoms with E-state index in [4.69, 9.17) is 0 Å². The zero-order valence-electron chi connectivity index (χ0n) is 15.7. The number of anilines is 1. The molecule has 0 bridgehead atoms. The highest BCUT2D eigenvalue weighted by atomic mass is 32.2. The van der Waals surface area contributed by atoms with Crippen molar-refractivity contribution in [3.63, 3.8) is 0 Å². The normalized spacial score (nSPS) is 15.4. The molecule has 4 rings (SSSR count). The highest BCUT2D eigenvalue weighted by molar-refractivity contribution is 7.99. The number of aryl methyl sites for hydroxylation is 1. The highest BCUT2D eigenvalue weighted by Gasteiger charge is 2.27. The lowest BCUT2D eigenvalue weighted by Crippen LogP contribution is -2.08. The van der Waals surface area contributed by atoms with E-state index in [1.165, 1.54) is 11.8 Å². The molecule has 0 saturated heterocycles. The fourth-order valence-electron chi connectivity index (χ4n) is 3.22. The number of thioether (sulfide) groups is 1. The van der Waals surface area contributed by atoms with Crippen LogP contribution in [0.15, 0.2) is 53.7 Å². The number of fused-ring (bicyclic) bond motifs is 1. The van der Waals surface area contributed by atoms with Crippen LogP contribution in [0.5, 0.6) is 0 Å². The third-order valence-electron chi connectivity index (χ3n) is 4.91. The van der Waals surface area contributed by atoms with E-state index in [1.807, 2.05) is 42.7 Å². The van der Waals surface area contributed by atoms with E-state index in [2.05, 4.69) is 27.6 Å². The van der Waals surface area contributed by atoms with Crippen LogP contribution in [0.25, 0.3) is 0 Å². The Morgan fingerprint density at radius 1 is 1.18 bits per heavy atom. The van der Waals surface area contributed by atoms with Gasteiger partial charge in [-0.3, -0.25) is 9.59 Å². The summed E-state index contributed by atoms with van der Waals surface area (Å²) < 4.78 is 2.01. The minimum atomic E-state index is -0.230. The lowest BCUT2D eigenvalue weighted by molar-refractivity contribution is -0.116. The molecular weight excluding hydrogens is 372 g/mol. The summed E-state index contributed by atoms with van der Waals surface area (Å²) in [5, 5.41) is 11.9. The zero-order valence-corrected chi connectivity index (χ0v) is 16.5. The molecular formula is C21H20N4O2S. The van der Waals surface area contributed by atoms with Crippen molar-refractivity contribution >= 4 is 29.1 Å². The average Bonchev–Trinajstić information content (AvgIpc) is 3.20. The fourth-order valence-corrected chi connectivity index (χ4v) is 4.10. The van der Waals surface area contributed by atoms with Crippen molar-refractivity contribution < 1.29 is 9.59 Å². The highest BCUT2D eigenvalue weighted by Crippen LogP contribution is 2.33. The molecule has 0 saturated carbocycles. The van der Waals surface area contributed by atoms with Crippen molar-refractivity contribution in [1.82, 2.24) is 14.8 Å². The summed E-state index contributed by atoms with van der Waals surface area (Å²) in [6.07, 6.45) is 0. The largest absolute Gasteiger partial charge is 0.325 e. The van der Waals surface area contributed by atoms with Crippen molar-refractivity contribution in [2.45, 2.75) is 31.5 Å². The summed E-state index contributed by atoms with van der Waals surface area (Å²) in [6, 6.07) is 15.5. The standard InChI is InChI=1S/C21H20N4O2S/c1-13-17-10-16(8-9-18(17)22-20(13)27)19(26)12-28-21-24-23-14(2)25(21)11-15-6-4-3-5-7-15/h3-10,13H,11-12H2,1-2H3,(H,22,27). The Labute approximate surface area is 167 Å². The summed E-state index contributed by atoms with van der Waals surface area (Å²) in [7, 11) is 0. The number of aromatic nitrogens is 3. The van der Waals surface area contributed by atoms with Crippen molar-refractivity contribution in [3.05, 3.63) is 71.0 Å². The van der Waals surface area contributed by atoms with Crippen LogP contribution < -0.4 is 5.32 Å². The predicted octanol–water partition coefficient (Wildman–Crippen LogP) is 3.67. The molecule has 1 N–H and O–H groups in total. The van der Waals surface area contributed by atoms with Crippen LogP contribution in [-0.2, 0) is 11.3 Å². The first-order valence-electron chi connectivity index (χ1n) is 9.07. The van der Waals surface area contributed by atoms with Gasteiger partial charge in [0.2, 0.25) is 5.91 Å². The number of nitrogens with one attached hydrogen (secondary N) is 1. The summed E-state index contributed by atoms with van der Waals surface area (Å²) in [5.74, 6) is 0.827. The van der Waals surface area contributed by atoms with Gasteiger partial charge in [0.05, 0.1) is 18.2 Å². The molecule has 1 aromatic heterocycles. The zero-order chi connectivity index (χ0) is 19.7. The molecule has 0 aliphatic carbocycles. The Hall–Kier alpha value is -2.93. The Morgan fingerprint density at radius 2 is 1.96 bits per heavy atom. The Morgan fingerprint density at radius 3 is 2.75 bits per heavy atom. The van der Waals surface area contributed by atoms with Gasteiger partial charge in [-0.1, -0.05) is 42.1 Å². The van der Waals surface area contributed by atoms with Gasteiger partial charge < -0.3 is 9.88 Å². The molecule has 7 heteroatoms. The summed E-state index contributed by atoms with van der Waals surface area (Å²) >= 11 is 1.38. The molecule has 1 aliphatic heterocycles. The van der Waals surface area contributed by atoms with E-state index < -0.39 is 0 Å². The Balaban J connectivity index is 1.47. The van der Waals surface area contributed by atoms with Crippen LogP contribution in [0.4, 0.5) is 5.69 Å². The molecule has 1 atom stereocenters. The minimum absolute atomic E-state index is 0.00580. The lowest BCUT2D eigenvalue weighted by atomic mass is 9.99. The first-order chi connectivity index (χ1) is 13.5. The summed E-state index contributed by atoms with van der Waals surface area (Å²) in [6.45, 7) is 4.42. The van der Waals surface area contributed by atoms with Gasteiger partial charge in [-0.25, -0.2) is 0 Å². The summed E-state index contributed by atoms with van der Waals surface area (Å²) in [4.78, 5) is 24.5. The van der Waals surface area contributed by atoms with E-state index in [9.17, 15) is 9.59 Å².